The molecule has 0 amide bonds. The number of hydrogen-bond acceptors (Lipinski definition) is 5. The second-order valence-corrected chi connectivity index (χ2v) is 5.98. The van der Waals surface area contributed by atoms with Gasteiger partial charge in [-0.15, -0.1) is 0 Å². The van der Waals surface area contributed by atoms with Crippen molar-refractivity contribution in [2.24, 2.45) is 5.92 Å². The second kappa shape index (κ2) is 7.71. The lowest BCUT2D eigenvalue weighted by molar-refractivity contribution is -0.0326. The molecule has 1 aromatic heterocycles. The highest BCUT2D eigenvalue weighted by Crippen LogP contribution is 2.22. The molecule has 1 aliphatic heterocycles. The van der Waals surface area contributed by atoms with Gasteiger partial charge in [-0.3, -0.25) is 4.90 Å². The van der Waals surface area contributed by atoms with Gasteiger partial charge in [0.05, 0.1) is 6.61 Å². The van der Waals surface area contributed by atoms with Gasteiger partial charge in [-0.1, -0.05) is 20.8 Å². The van der Waals surface area contributed by atoms with Crippen molar-refractivity contribution in [3.8, 4) is 0 Å². The monoisotopic (exact) mass is 292 g/mol. The van der Waals surface area contributed by atoms with Gasteiger partial charge in [0.25, 0.3) is 0 Å². The lowest BCUT2D eigenvalue weighted by atomic mass is 10.1. The molecule has 5 nitrogen and oxygen atoms in total. The molecule has 5 heteroatoms. The van der Waals surface area contributed by atoms with E-state index in [4.69, 9.17) is 9.72 Å². The Hall–Kier alpha value is -1.20. The fourth-order valence-electron chi connectivity index (χ4n) is 2.60. The van der Waals surface area contributed by atoms with Gasteiger partial charge in [0.15, 0.2) is 5.82 Å². The summed E-state index contributed by atoms with van der Waals surface area (Å²) in [6.45, 7) is 13.2. The number of morpholine rings is 1. The highest BCUT2D eigenvalue weighted by Gasteiger charge is 2.24. The van der Waals surface area contributed by atoms with Gasteiger partial charge in [0.2, 0.25) is 0 Å². The average Bonchev–Trinajstić information content (AvgIpc) is 2.46. The normalized spacial score (nSPS) is 20.0. The Morgan fingerprint density at radius 3 is 2.86 bits per heavy atom. The van der Waals surface area contributed by atoms with E-state index in [2.05, 4.69) is 49.0 Å². The van der Waals surface area contributed by atoms with Crippen LogP contribution in [0.15, 0.2) is 6.07 Å². The van der Waals surface area contributed by atoms with Crippen LogP contribution in [-0.4, -0.2) is 47.7 Å². The molecule has 0 bridgehead atoms. The standard InChI is InChI=1S/C16H28N4O/c1-5-17-15-10-13(9-12(3)4)18-16(19-15)14-11-20(6-2)7-8-21-14/h10,12,14H,5-9,11H2,1-4H3,(H,17,18,19). The van der Waals surface area contributed by atoms with Crippen molar-refractivity contribution in [1.82, 2.24) is 14.9 Å². The Balaban J connectivity index is 2.21. The fourth-order valence-corrected chi connectivity index (χ4v) is 2.60. The predicted octanol–water partition coefficient (Wildman–Crippen LogP) is 2.50. The number of anilines is 1. The number of hydrogen-bond donors (Lipinski definition) is 1. The Morgan fingerprint density at radius 2 is 2.19 bits per heavy atom. The van der Waals surface area contributed by atoms with E-state index in [0.29, 0.717) is 5.92 Å². The zero-order chi connectivity index (χ0) is 15.2. The van der Waals surface area contributed by atoms with Crippen molar-refractivity contribution >= 4 is 5.82 Å². The first-order valence-electron chi connectivity index (χ1n) is 8.08. The molecule has 2 rings (SSSR count). The quantitative estimate of drug-likeness (QED) is 0.873. The number of rotatable bonds is 6. The molecule has 118 valence electrons. The molecule has 0 spiro atoms. The van der Waals surface area contributed by atoms with Gasteiger partial charge >= 0.3 is 0 Å². The van der Waals surface area contributed by atoms with Crippen molar-refractivity contribution in [2.45, 2.75) is 40.2 Å². The lowest BCUT2D eigenvalue weighted by Crippen LogP contribution is -2.38. The molecule has 1 fully saturated rings. The van der Waals surface area contributed by atoms with E-state index in [1.54, 1.807) is 0 Å². The smallest absolute Gasteiger partial charge is 0.161 e. The summed E-state index contributed by atoms with van der Waals surface area (Å²) in [5, 5.41) is 3.31. The predicted molar refractivity (Wildman–Crippen MR) is 85.5 cm³/mol. The van der Waals surface area contributed by atoms with E-state index in [1.807, 2.05) is 0 Å². The summed E-state index contributed by atoms with van der Waals surface area (Å²) in [5.41, 5.74) is 1.10. The largest absolute Gasteiger partial charge is 0.370 e. The number of nitrogens with zero attached hydrogens (tertiary/aromatic N) is 3. The van der Waals surface area contributed by atoms with E-state index < -0.39 is 0 Å². The molecule has 1 atom stereocenters. The first kappa shape index (κ1) is 16.2. The third kappa shape index (κ3) is 4.64. The molecule has 1 saturated heterocycles. The summed E-state index contributed by atoms with van der Waals surface area (Å²) >= 11 is 0. The van der Waals surface area contributed by atoms with E-state index in [0.717, 1.165) is 56.5 Å². The van der Waals surface area contributed by atoms with Crippen LogP contribution in [0, 0.1) is 5.92 Å². The third-order valence-corrected chi connectivity index (χ3v) is 3.66. The molecule has 0 radical (unpaired) electrons. The molecular weight excluding hydrogens is 264 g/mol. The van der Waals surface area contributed by atoms with Crippen LogP contribution in [0.2, 0.25) is 0 Å². The average molecular weight is 292 g/mol. The third-order valence-electron chi connectivity index (χ3n) is 3.66. The van der Waals surface area contributed by atoms with Crippen LogP contribution < -0.4 is 5.32 Å². The van der Waals surface area contributed by atoms with Gasteiger partial charge in [-0.2, -0.15) is 0 Å². The fraction of sp³-hybridized carbons (Fsp3) is 0.750. The molecular formula is C16H28N4O. The Kier molecular flexibility index (Phi) is 5.94. The summed E-state index contributed by atoms with van der Waals surface area (Å²) in [6.07, 6.45) is 0.959. The summed E-state index contributed by atoms with van der Waals surface area (Å²) in [5.74, 6) is 2.32. The SMILES string of the molecule is CCNc1cc(CC(C)C)nc(C2CN(CC)CCO2)n1. The zero-order valence-electron chi connectivity index (χ0n) is 13.7. The van der Waals surface area contributed by atoms with Gasteiger partial charge in [-0.25, -0.2) is 9.97 Å². The van der Waals surface area contributed by atoms with E-state index in [1.165, 1.54) is 0 Å². The molecule has 21 heavy (non-hydrogen) atoms. The molecule has 1 aromatic rings. The van der Waals surface area contributed by atoms with Gasteiger partial charge in [0.1, 0.15) is 11.9 Å². The molecule has 0 saturated carbocycles. The van der Waals surface area contributed by atoms with E-state index in [9.17, 15) is 0 Å². The summed E-state index contributed by atoms with van der Waals surface area (Å²) in [7, 11) is 0. The van der Waals surface area contributed by atoms with Crippen LogP contribution in [0.25, 0.3) is 0 Å². The van der Waals surface area contributed by atoms with Crippen LogP contribution in [0.1, 0.15) is 45.3 Å². The van der Waals surface area contributed by atoms with Crippen molar-refractivity contribution in [1.29, 1.82) is 0 Å². The summed E-state index contributed by atoms with van der Waals surface area (Å²) < 4.78 is 5.89. The maximum atomic E-state index is 5.89. The minimum atomic E-state index is -0.0109. The molecule has 1 N–H and O–H groups in total. The molecule has 1 aliphatic rings. The molecule has 2 heterocycles. The van der Waals surface area contributed by atoms with Crippen molar-refractivity contribution in [2.75, 3.05) is 38.1 Å². The van der Waals surface area contributed by atoms with Crippen LogP contribution in [0.3, 0.4) is 0 Å². The van der Waals surface area contributed by atoms with Crippen LogP contribution >= 0.6 is 0 Å². The Bertz CT molecular complexity index is 450. The van der Waals surface area contributed by atoms with Crippen LogP contribution in [-0.2, 0) is 11.2 Å². The maximum absolute atomic E-state index is 5.89. The highest BCUT2D eigenvalue weighted by molar-refractivity contribution is 5.36. The molecule has 0 aliphatic carbocycles. The number of likely N-dealkylation sites (N-methyl/N-ethyl adjacent to an activating group) is 1. The van der Waals surface area contributed by atoms with Gasteiger partial charge in [0, 0.05) is 31.4 Å². The van der Waals surface area contributed by atoms with Gasteiger partial charge in [-0.05, 0) is 25.8 Å². The first-order valence-corrected chi connectivity index (χ1v) is 8.08. The second-order valence-electron chi connectivity index (χ2n) is 5.98. The minimum Gasteiger partial charge on any atom is -0.370 e. The molecule has 0 aromatic carbocycles. The summed E-state index contributed by atoms with van der Waals surface area (Å²) in [6, 6.07) is 2.06. The Labute approximate surface area is 128 Å². The maximum Gasteiger partial charge on any atom is 0.161 e. The van der Waals surface area contributed by atoms with Gasteiger partial charge < -0.3 is 10.1 Å². The molecule has 1 unspecified atom stereocenters. The highest BCUT2D eigenvalue weighted by atomic mass is 16.5. The Morgan fingerprint density at radius 1 is 1.38 bits per heavy atom. The lowest BCUT2D eigenvalue weighted by Gasteiger charge is -2.31. The minimum absolute atomic E-state index is 0.0109. The summed E-state index contributed by atoms with van der Waals surface area (Å²) in [4.78, 5) is 11.8. The number of nitrogens with one attached hydrogen (secondary N) is 1. The van der Waals surface area contributed by atoms with Crippen molar-refractivity contribution in [3.63, 3.8) is 0 Å². The zero-order valence-corrected chi connectivity index (χ0v) is 13.7. The first-order chi connectivity index (χ1) is 10.1. The van der Waals surface area contributed by atoms with Crippen molar-refractivity contribution in [3.05, 3.63) is 17.6 Å². The van der Waals surface area contributed by atoms with E-state index in [-0.39, 0.29) is 6.10 Å². The van der Waals surface area contributed by atoms with Crippen LogP contribution in [0.5, 0.6) is 0 Å². The number of aromatic nitrogens is 2. The topological polar surface area (TPSA) is 50.3 Å². The van der Waals surface area contributed by atoms with Crippen molar-refractivity contribution < 1.29 is 4.74 Å². The number of ether oxygens (including phenoxy) is 1. The van der Waals surface area contributed by atoms with Crippen LogP contribution in [0.4, 0.5) is 5.82 Å². The van der Waals surface area contributed by atoms with E-state index >= 15 is 0 Å².